The van der Waals surface area contributed by atoms with Gasteiger partial charge in [0.15, 0.2) is 9.84 Å². The molecule has 2 unspecified atom stereocenters. The van der Waals surface area contributed by atoms with Crippen molar-refractivity contribution in [3.63, 3.8) is 0 Å². The number of ether oxygens (including phenoxy) is 1. The fourth-order valence-corrected chi connectivity index (χ4v) is 10.1. The number of ketones is 1. The van der Waals surface area contributed by atoms with Gasteiger partial charge in [-0.05, 0) is 41.9 Å². The van der Waals surface area contributed by atoms with Crippen molar-refractivity contribution in [3.8, 4) is 0 Å². The minimum atomic E-state index is -3.52. The molecule has 0 aromatic carbocycles. The summed E-state index contributed by atoms with van der Waals surface area (Å²) in [4.78, 5) is 69.5. The summed E-state index contributed by atoms with van der Waals surface area (Å²) in [6.07, 6.45) is 6.52. The smallest absolute Gasteiger partial charge is 0.315 e. The van der Waals surface area contributed by atoms with Crippen LogP contribution in [-0.4, -0.2) is 104 Å². The average molecular weight is 708 g/mol. The van der Waals surface area contributed by atoms with Crippen LogP contribution in [0.2, 0.25) is 0 Å². The van der Waals surface area contributed by atoms with Crippen molar-refractivity contribution >= 4 is 39.4 Å². The molecule has 2 saturated carbocycles. The van der Waals surface area contributed by atoms with Gasteiger partial charge in [-0.1, -0.05) is 79.7 Å². The summed E-state index contributed by atoms with van der Waals surface area (Å²) in [5.74, 6) is -2.72. The molecule has 0 bridgehead atoms. The maximum Gasteiger partial charge on any atom is 0.315 e. The third-order valence-corrected chi connectivity index (χ3v) is 13.4. The zero-order valence-electron chi connectivity index (χ0n) is 30.1. The standard InChI is InChI=1S/C35H57N5O8S/c1-8-10-14-23(27(41)30(43)36-17-9-2)37-29(42)26-25-22(34(25,6)7)20-40(26)31(44)28(33(3,4)5)38-32(45)39-35(15-12-11-13-16-35)24-21-48-18-19-49(24,46)47/h9,22-26,28H,2,8,10-21H2,1,3-7H3,(H,36,43)(H,37,42)(H2,38,39,45)/t22-,23-,24?,25?,26-,28+/m0/s1. The molecule has 14 heteroatoms. The first kappa shape index (κ1) is 38.8. The summed E-state index contributed by atoms with van der Waals surface area (Å²) in [7, 11) is -3.52. The number of sulfone groups is 1. The molecule has 2 heterocycles. The second-order valence-electron chi connectivity index (χ2n) is 16.0. The van der Waals surface area contributed by atoms with E-state index in [1.807, 2.05) is 41.5 Å². The lowest BCUT2D eigenvalue weighted by Gasteiger charge is -2.45. The van der Waals surface area contributed by atoms with Gasteiger partial charge in [-0.3, -0.25) is 19.2 Å². The van der Waals surface area contributed by atoms with E-state index in [1.54, 1.807) is 0 Å². The number of carbonyl (C=O) groups is 5. The Morgan fingerprint density at radius 1 is 1.06 bits per heavy atom. The van der Waals surface area contributed by atoms with E-state index in [0.29, 0.717) is 25.8 Å². The van der Waals surface area contributed by atoms with Gasteiger partial charge in [0.1, 0.15) is 17.3 Å². The van der Waals surface area contributed by atoms with Gasteiger partial charge in [0, 0.05) is 13.1 Å². The highest BCUT2D eigenvalue weighted by molar-refractivity contribution is 7.92. The van der Waals surface area contributed by atoms with E-state index < -0.39 is 73.7 Å². The lowest BCUT2D eigenvalue weighted by atomic mass is 9.79. The summed E-state index contributed by atoms with van der Waals surface area (Å²) in [5, 5.41) is 10.3. The molecule has 2 saturated heterocycles. The number of nitrogens with zero attached hydrogens (tertiary/aromatic N) is 1. The second kappa shape index (κ2) is 15.1. The lowest BCUT2D eigenvalue weighted by Crippen LogP contribution is -2.67. The van der Waals surface area contributed by atoms with Gasteiger partial charge in [-0.15, -0.1) is 6.58 Å². The van der Waals surface area contributed by atoms with Crippen LogP contribution >= 0.6 is 0 Å². The quantitative estimate of drug-likeness (QED) is 0.166. The summed E-state index contributed by atoms with van der Waals surface area (Å²) in [6.45, 7) is 15.6. The maximum absolute atomic E-state index is 14.5. The Balaban J connectivity index is 1.56. The third kappa shape index (κ3) is 8.32. The third-order valence-electron chi connectivity index (χ3n) is 11.2. The molecule has 4 N–H and O–H groups in total. The number of carbonyl (C=O) groups excluding carboxylic acids is 5. The first-order valence-corrected chi connectivity index (χ1v) is 19.5. The van der Waals surface area contributed by atoms with Crippen molar-refractivity contribution in [2.75, 3.05) is 32.1 Å². The van der Waals surface area contributed by atoms with Crippen molar-refractivity contribution in [2.24, 2.45) is 22.7 Å². The number of hydrogen-bond acceptors (Lipinski definition) is 8. The van der Waals surface area contributed by atoms with Gasteiger partial charge < -0.3 is 30.9 Å². The molecule has 2 aliphatic carbocycles. The van der Waals surface area contributed by atoms with E-state index in [1.165, 1.54) is 11.0 Å². The van der Waals surface area contributed by atoms with E-state index in [2.05, 4.69) is 27.8 Å². The minimum Gasteiger partial charge on any atom is -0.379 e. The topological polar surface area (TPSA) is 180 Å². The summed E-state index contributed by atoms with van der Waals surface area (Å²) in [6, 6.07) is -3.64. The maximum atomic E-state index is 14.5. The Hall–Kier alpha value is -3.00. The van der Waals surface area contributed by atoms with Crippen molar-refractivity contribution < 1.29 is 37.1 Å². The normalized spacial score (nSPS) is 27.8. The Morgan fingerprint density at radius 3 is 2.33 bits per heavy atom. The SMILES string of the molecule is C=CCNC(=O)C(=O)[C@H](CCCC)NC(=O)[C@@H]1C2[C@H](CN1C(=O)[C@@H](NC(=O)NC1(C3COCCS3(=O)=O)CCCCC1)C(C)(C)C)C2(C)C. The predicted molar refractivity (Wildman–Crippen MR) is 185 cm³/mol. The minimum absolute atomic E-state index is 0.00500. The number of amides is 5. The van der Waals surface area contributed by atoms with Crippen LogP contribution in [-0.2, 0) is 33.8 Å². The van der Waals surface area contributed by atoms with E-state index in [9.17, 15) is 32.4 Å². The molecule has 0 aromatic rings. The number of Topliss-reactive ketones (excluding diaryl/α,β-unsaturated/α-hetero) is 1. The average Bonchev–Trinajstić information content (AvgIpc) is 3.33. The van der Waals surface area contributed by atoms with Crippen LogP contribution in [0.15, 0.2) is 12.7 Å². The molecule has 6 atom stereocenters. The van der Waals surface area contributed by atoms with Crippen molar-refractivity contribution in [1.82, 2.24) is 26.2 Å². The van der Waals surface area contributed by atoms with Crippen LogP contribution in [0.1, 0.15) is 92.9 Å². The van der Waals surface area contributed by atoms with Gasteiger partial charge >= 0.3 is 6.03 Å². The molecular weight excluding hydrogens is 650 g/mol. The molecule has 49 heavy (non-hydrogen) atoms. The monoisotopic (exact) mass is 707 g/mol. The lowest BCUT2D eigenvalue weighted by molar-refractivity contribution is -0.145. The highest BCUT2D eigenvalue weighted by atomic mass is 32.2. The van der Waals surface area contributed by atoms with Crippen LogP contribution in [0.4, 0.5) is 4.79 Å². The van der Waals surface area contributed by atoms with Crippen LogP contribution < -0.4 is 21.3 Å². The molecule has 0 radical (unpaired) electrons. The van der Waals surface area contributed by atoms with Crippen molar-refractivity contribution in [1.29, 1.82) is 0 Å². The molecule has 5 amide bonds. The van der Waals surface area contributed by atoms with Crippen LogP contribution in [0.25, 0.3) is 0 Å². The van der Waals surface area contributed by atoms with Gasteiger partial charge in [0.2, 0.25) is 17.6 Å². The molecule has 0 aromatic heterocycles. The Labute approximate surface area is 291 Å². The first-order chi connectivity index (χ1) is 22.9. The summed E-state index contributed by atoms with van der Waals surface area (Å²) in [5.41, 5.74) is -2.01. The number of likely N-dealkylation sites (tertiary alicyclic amines) is 1. The highest BCUT2D eigenvalue weighted by Gasteiger charge is 2.70. The predicted octanol–water partition coefficient (Wildman–Crippen LogP) is 2.25. The van der Waals surface area contributed by atoms with E-state index in [0.717, 1.165) is 25.7 Å². The van der Waals surface area contributed by atoms with E-state index in [-0.39, 0.29) is 49.2 Å². The molecule has 13 nitrogen and oxygen atoms in total. The van der Waals surface area contributed by atoms with Crippen LogP contribution in [0.3, 0.4) is 0 Å². The van der Waals surface area contributed by atoms with Gasteiger partial charge in [0.05, 0.1) is 30.5 Å². The molecular formula is C35H57N5O8S. The fraction of sp³-hybridized carbons (Fsp3) is 0.800. The number of piperidine rings is 1. The zero-order chi connectivity index (χ0) is 36.4. The number of hydrogen-bond donors (Lipinski definition) is 4. The largest absolute Gasteiger partial charge is 0.379 e. The van der Waals surface area contributed by atoms with Gasteiger partial charge in [0.25, 0.3) is 5.91 Å². The van der Waals surface area contributed by atoms with Gasteiger partial charge in [-0.2, -0.15) is 0 Å². The molecule has 4 fully saturated rings. The number of nitrogens with one attached hydrogen (secondary N) is 4. The summed E-state index contributed by atoms with van der Waals surface area (Å²) < 4.78 is 31.9. The molecule has 0 spiro atoms. The summed E-state index contributed by atoms with van der Waals surface area (Å²) >= 11 is 0. The van der Waals surface area contributed by atoms with Crippen LogP contribution in [0.5, 0.6) is 0 Å². The number of urea groups is 1. The van der Waals surface area contributed by atoms with Gasteiger partial charge in [-0.25, -0.2) is 13.2 Å². The molecule has 276 valence electrons. The molecule has 4 aliphatic rings. The van der Waals surface area contributed by atoms with Crippen molar-refractivity contribution in [3.05, 3.63) is 12.7 Å². The van der Waals surface area contributed by atoms with E-state index >= 15 is 0 Å². The Kier molecular flexibility index (Phi) is 11.9. The molecule has 2 aliphatic heterocycles. The number of unbranched alkanes of at least 4 members (excludes halogenated alkanes) is 1. The fourth-order valence-electron chi connectivity index (χ4n) is 8.19. The Morgan fingerprint density at radius 2 is 1.73 bits per heavy atom. The van der Waals surface area contributed by atoms with E-state index in [4.69, 9.17) is 4.74 Å². The second-order valence-corrected chi connectivity index (χ2v) is 18.3. The van der Waals surface area contributed by atoms with Crippen molar-refractivity contribution in [2.45, 2.75) is 122 Å². The Bertz CT molecular complexity index is 1400. The molecule has 4 rings (SSSR count). The number of fused-ring (bicyclic) bond motifs is 1. The van der Waals surface area contributed by atoms with Crippen LogP contribution in [0, 0.1) is 22.7 Å². The highest BCUT2D eigenvalue weighted by Crippen LogP contribution is 2.65. The number of rotatable bonds is 13. The first-order valence-electron chi connectivity index (χ1n) is 17.8. The zero-order valence-corrected chi connectivity index (χ0v) is 30.9.